The fourth-order valence-corrected chi connectivity index (χ4v) is 5.06. The molecule has 9 heteroatoms. The van der Waals surface area contributed by atoms with Crippen LogP contribution in [0.2, 0.25) is 5.02 Å². The summed E-state index contributed by atoms with van der Waals surface area (Å²) in [6, 6.07) is 19.3. The molecule has 3 aromatic rings. The van der Waals surface area contributed by atoms with E-state index in [-0.39, 0.29) is 43.8 Å². The first-order chi connectivity index (χ1) is 19.3. The number of hydrogen-bond donors (Lipinski definition) is 1. The van der Waals surface area contributed by atoms with E-state index in [2.05, 4.69) is 0 Å². The van der Waals surface area contributed by atoms with Crippen molar-refractivity contribution < 1.29 is 24.3 Å². The van der Waals surface area contributed by atoms with Crippen molar-refractivity contribution in [1.82, 2.24) is 9.80 Å². The second-order valence-corrected chi connectivity index (χ2v) is 10.3. The first-order valence-electron chi connectivity index (χ1n) is 13.0. The topological polar surface area (TPSA) is 98.2 Å². The van der Waals surface area contributed by atoms with Gasteiger partial charge in [-0.15, -0.1) is 0 Å². The van der Waals surface area contributed by atoms with Gasteiger partial charge in [0.25, 0.3) is 11.8 Å². The molecule has 0 radical (unpaired) electrons. The lowest BCUT2D eigenvalue weighted by Gasteiger charge is -2.24. The van der Waals surface area contributed by atoms with Crippen molar-refractivity contribution in [3.8, 4) is 0 Å². The molecule has 0 fully saturated rings. The van der Waals surface area contributed by atoms with E-state index in [4.69, 9.17) is 16.7 Å². The fraction of sp³-hybridized carbons (Fsp3) is 0.226. The molecule has 0 saturated heterocycles. The third kappa shape index (κ3) is 6.07. The Hall–Kier alpha value is -4.43. The first-order valence-corrected chi connectivity index (χ1v) is 13.4. The van der Waals surface area contributed by atoms with E-state index < -0.39 is 5.97 Å². The van der Waals surface area contributed by atoms with Crippen molar-refractivity contribution in [2.45, 2.75) is 25.9 Å². The minimum Gasteiger partial charge on any atom is -0.481 e. The van der Waals surface area contributed by atoms with Crippen LogP contribution in [0.5, 0.6) is 0 Å². The quantitative estimate of drug-likeness (QED) is 0.430. The highest BCUT2D eigenvalue weighted by atomic mass is 35.5. The maximum Gasteiger partial charge on any atom is 0.303 e. The minimum absolute atomic E-state index is 0.0204. The van der Waals surface area contributed by atoms with Crippen LogP contribution in [0.15, 0.2) is 78.9 Å². The maximum atomic E-state index is 13.6. The number of aliphatic carboxylic acids is 1. The first kappa shape index (κ1) is 27.1. The largest absolute Gasteiger partial charge is 0.481 e. The van der Waals surface area contributed by atoms with Gasteiger partial charge in [-0.25, -0.2) is 0 Å². The van der Waals surface area contributed by atoms with Gasteiger partial charge in [0, 0.05) is 47.9 Å². The summed E-state index contributed by atoms with van der Waals surface area (Å²) in [7, 11) is 0. The van der Waals surface area contributed by atoms with Gasteiger partial charge < -0.3 is 19.8 Å². The Morgan fingerprint density at radius 2 is 1.38 bits per heavy atom. The Kier molecular flexibility index (Phi) is 7.98. The molecule has 0 bridgehead atoms. The number of anilines is 1. The number of carboxylic acid groups (broad SMARTS) is 1. The Bertz CT molecular complexity index is 1480. The van der Waals surface area contributed by atoms with Crippen LogP contribution in [0, 0.1) is 0 Å². The second kappa shape index (κ2) is 11.8. The summed E-state index contributed by atoms with van der Waals surface area (Å²) < 4.78 is 0. The summed E-state index contributed by atoms with van der Waals surface area (Å²) in [5.41, 5.74) is 4.07. The third-order valence-corrected chi connectivity index (χ3v) is 7.33. The number of nitrogens with zero attached hydrogens (tertiary/aromatic N) is 3. The molecule has 0 spiro atoms. The van der Waals surface area contributed by atoms with Gasteiger partial charge in [0.1, 0.15) is 6.54 Å². The van der Waals surface area contributed by atoms with Crippen LogP contribution in [-0.4, -0.2) is 58.2 Å². The number of carboxylic acids is 1. The van der Waals surface area contributed by atoms with Crippen LogP contribution in [0.1, 0.15) is 43.8 Å². The van der Waals surface area contributed by atoms with Gasteiger partial charge in [0.2, 0.25) is 5.91 Å². The van der Waals surface area contributed by atoms with Crippen molar-refractivity contribution in [1.29, 1.82) is 0 Å². The van der Waals surface area contributed by atoms with Crippen LogP contribution < -0.4 is 4.90 Å². The van der Waals surface area contributed by atoms with Crippen LogP contribution in [-0.2, 0) is 29.1 Å². The molecule has 3 amide bonds. The molecule has 2 aliphatic heterocycles. The van der Waals surface area contributed by atoms with Crippen molar-refractivity contribution in [3.05, 3.63) is 112 Å². The number of amides is 3. The minimum atomic E-state index is -0.894. The Morgan fingerprint density at radius 1 is 0.775 bits per heavy atom. The average molecular weight is 558 g/mol. The molecule has 0 aliphatic carbocycles. The SMILES string of the molecule is O=C(O)CCc1ccc2c(c1)CN(C(=O)c1ccc(Cl)cc1)CC(=O)N2Cc1ccc(C(=O)N2CC=CC2)cc1. The number of fused-ring (bicyclic) bond motifs is 1. The smallest absolute Gasteiger partial charge is 0.303 e. The van der Waals surface area contributed by atoms with E-state index in [1.807, 2.05) is 42.5 Å². The fourth-order valence-electron chi connectivity index (χ4n) is 4.93. The zero-order valence-electron chi connectivity index (χ0n) is 21.8. The number of rotatable bonds is 7. The highest BCUT2D eigenvalue weighted by Crippen LogP contribution is 2.30. The highest BCUT2D eigenvalue weighted by Gasteiger charge is 2.30. The summed E-state index contributed by atoms with van der Waals surface area (Å²) in [5.74, 6) is -1.48. The molecular formula is C31H28ClN3O5. The van der Waals surface area contributed by atoms with E-state index in [0.29, 0.717) is 41.3 Å². The molecule has 3 aromatic carbocycles. The van der Waals surface area contributed by atoms with Gasteiger partial charge in [0.05, 0.1) is 6.54 Å². The number of halogens is 1. The van der Waals surface area contributed by atoms with Crippen LogP contribution in [0.25, 0.3) is 0 Å². The Morgan fingerprint density at radius 3 is 2.02 bits per heavy atom. The zero-order valence-corrected chi connectivity index (χ0v) is 22.5. The van der Waals surface area contributed by atoms with Crippen molar-refractivity contribution >= 4 is 41.0 Å². The summed E-state index contributed by atoms with van der Waals surface area (Å²) in [5, 5.41) is 9.64. The zero-order chi connectivity index (χ0) is 28.2. The van der Waals surface area contributed by atoms with Crippen molar-refractivity contribution in [2.24, 2.45) is 0 Å². The van der Waals surface area contributed by atoms with E-state index >= 15 is 0 Å². The van der Waals surface area contributed by atoms with Gasteiger partial charge in [-0.2, -0.15) is 0 Å². The van der Waals surface area contributed by atoms with Gasteiger partial charge in [-0.1, -0.05) is 48.0 Å². The van der Waals surface area contributed by atoms with Gasteiger partial charge in [0.15, 0.2) is 0 Å². The van der Waals surface area contributed by atoms with Crippen LogP contribution in [0.4, 0.5) is 5.69 Å². The van der Waals surface area contributed by atoms with E-state index in [1.165, 1.54) is 4.90 Å². The standard InChI is InChI=1S/C31H28ClN3O5/c32-26-11-9-24(10-12-26)31(40)34-19-25-17-21(6-14-29(37)38)5-13-27(25)35(28(36)20-34)18-22-3-7-23(8-4-22)30(39)33-15-1-2-16-33/h1-5,7-13,17H,6,14-16,18-20H2,(H,37,38). The second-order valence-electron chi connectivity index (χ2n) is 9.88. The van der Waals surface area contributed by atoms with E-state index in [1.54, 1.807) is 46.2 Å². The number of benzene rings is 3. The lowest BCUT2D eigenvalue weighted by molar-refractivity contribution is -0.137. The Labute approximate surface area is 237 Å². The molecule has 40 heavy (non-hydrogen) atoms. The molecule has 0 aromatic heterocycles. The van der Waals surface area contributed by atoms with Crippen molar-refractivity contribution in [3.63, 3.8) is 0 Å². The molecule has 1 N–H and O–H groups in total. The van der Waals surface area contributed by atoms with Crippen LogP contribution in [0.3, 0.4) is 0 Å². The average Bonchev–Trinajstić information content (AvgIpc) is 3.46. The summed E-state index contributed by atoms with van der Waals surface area (Å²) in [4.78, 5) is 55.7. The van der Waals surface area contributed by atoms with Crippen molar-refractivity contribution in [2.75, 3.05) is 24.5 Å². The number of carbonyl (C=O) groups excluding carboxylic acids is 3. The Balaban J connectivity index is 1.42. The summed E-state index contributed by atoms with van der Waals surface area (Å²) in [6.07, 6.45) is 4.24. The lowest BCUT2D eigenvalue weighted by Crippen LogP contribution is -2.39. The molecule has 8 nitrogen and oxygen atoms in total. The molecule has 5 rings (SSSR count). The molecule has 0 atom stereocenters. The van der Waals surface area contributed by atoms with Gasteiger partial charge in [-0.05, 0) is 65.6 Å². The van der Waals surface area contributed by atoms with Gasteiger partial charge >= 0.3 is 5.97 Å². The van der Waals surface area contributed by atoms with Crippen LogP contribution >= 0.6 is 11.6 Å². The lowest BCUT2D eigenvalue weighted by atomic mass is 10.0. The molecule has 0 unspecified atom stereocenters. The maximum absolute atomic E-state index is 13.6. The summed E-state index contributed by atoms with van der Waals surface area (Å²) >= 11 is 5.99. The normalized spacial score (nSPS) is 14.7. The highest BCUT2D eigenvalue weighted by molar-refractivity contribution is 6.30. The van der Waals surface area contributed by atoms with E-state index in [9.17, 15) is 19.2 Å². The number of aryl methyl sites for hydroxylation is 1. The summed E-state index contributed by atoms with van der Waals surface area (Å²) in [6.45, 7) is 1.51. The molecular weight excluding hydrogens is 530 g/mol. The van der Waals surface area contributed by atoms with Gasteiger partial charge in [-0.3, -0.25) is 19.2 Å². The monoisotopic (exact) mass is 557 g/mol. The third-order valence-electron chi connectivity index (χ3n) is 7.08. The number of hydrogen-bond acceptors (Lipinski definition) is 4. The predicted molar refractivity (Wildman–Crippen MR) is 151 cm³/mol. The molecule has 2 heterocycles. The molecule has 0 saturated carbocycles. The molecule has 2 aliphatic rings. The molecule has 204 valence electrons. The van der Waals surface area contributed by atoms with E-state index in [0.717, 1.165) is 16.7 Å². The number of carbonyl (C=O) groups is 4. The predicted octanol–water partition coefficient (Wildman–Crippen LogP) is 4.56.